The van der Waals surface area contributed by atoms with Crippen molar-refractivity contribution in [2.24, 2.45) is 11.8 Å². The molecule has 3 nitrogen and oxygen atoms in total. The Morgan fingerprint density at radius 3 is 2.36 bits per heavy atom. The van der Waals surface area contributed by atoms with Crippen LogP contribution in [0.2, 0.25) is 0 Å². The number of aliphatic hydroxyl groups excluding tert-OH is 2. The fraction of sp³-hybridized carbons (Fsp3) is 0.375. The molecule has 2 saturated carbocycles. The quantitative estimate of drug-likeness (QED) is 0.436. The van der Waals surface area contributed by atoms with Crippen LogP contribution in [0, 0.1) is 24.8 Å². The van der Waals surface area contributed by atoms with Crippen molar-refractivity contribution in [2.75, 3.05) is 0 Å². The van der Waals surface area contributed by atoms with Crippen molar-refractivity contribution < 1.29 is 30.3 Å². The zero-order valence-electron chi connectivity index (χ0n) is 16.0. The standard InChI is InChI=1S/C16H12N.C8H14O2.Ir/c1-12-6-5-9-14-10-16(17-11-15(12)14)13-7-3-2-4-8-13;9-6-3-1-5-2-4-7(10)8(5)6;/h2-7,9-11H,1H3;5-10H,1-4H2;/q-1;;. The van der Waals surface area contributed by atoms with E-state index in [1.54, 1.807) is 0 Å². The smallest absolute Gasteiger partial charge is 0.0595 e. The molecule has 2 aromatic carbocycles. The van der Waals surface area contributed by atoms with Crippen molar-refractivity contribution >= 4 is 10.8 Å². The molecule has 0 bridgehead atoms. The summed E-state index contributed by atoms with van der Waals surface area (Å²) in [7, 11) is 0. The summed E-state index contributed by atoms with van der Waals surface area (Å²) in [4.78, 5) is 4.51. The monoisotopic (exact) mass is 553 g/mol. The number of hydrogen-bond donors (Lipinski definition) is 2. The molecule has 1 aromatic heterocycles. The number of pyridine rings is 1. The van der Waals surface area contributed by atoms with Gasteiger partial charge in [-0.3, -0.25) is 0 Å². The van der Waals surface area contributed by atoms with Gasteiger partial charge in [0.2, 0.25) is 0 Å². The van der Waals surface area contributed by atoms with Crippen LogP contribution in [0.4, 0.5) is 0 Å². The van der Waals surface area contributed by atoms with E-state index in [0.717, 1.165) is 36.9 Å². The average molecular weight is 553 g/mol. The molecule has 2 fully saturated rings. The van der Waals surface area contributed by atoms with E-state index in [2.05, 4.69) is 42.2 Å². The van der Waals surface area contributed by atoms with Crippen molar-refractivity contribution in [1.29, 1.82) is 0 Å². The summed E-state index contributed by atoms with van der Waals surface area (Å²) < 4.78 is 0. The Bertz CT molecular complexity index is 901. The van der Waals surface area contributed by atoms with Crippen molar-refractivity contribution in [1.82, 2.24) is 4.98 Å². The Hall–Kier alpha value is -1.58. The van der Waals surface area contributed by atoms with Crippen LogP contribution in [0.5, 0.6) is 0 Å². The Kier molecular flexibility index (Phi) is 7.00. The molecule has 0 saturated heterocycles. The summed E-state index contributed by atoms with van der Waals surface area (Å²) in [6.45, 7) is 2.11. The Morgan fingerprint density at radius 2 is 1.71 bits per heavy atom. The van der Waals surface area contributed by atoms with E-state index in [-0.39, 0.29) is 38.2 Å². The Labute approximate surface area is 180 Å². The van der Waals surface area contributed by atoms with Gasteiger partial charge in [0.1, 0.15) is 0 Å². The van der Waals surface area contributed by atoms with Gasteiger partial charge in [-0.2, -0.15) is 0 Å². The third-order valence-corrected chi connectivity index (χ3v) is 6.07. The molecular formula is C24H26IrNO2-. The van der Waals surface area contributed by atoms with Crippen LogP contribution >= 0.6 is 0 Å². The molecule has 0 aliphatic heterocycles. The molecule has 0 spiro atoms. The number of aromatic nitrogens is 1. The molecular weight excluding hydrogens is 526 g/mol. The normalized spacial score (nSPS) is 25.5. The molecule has 0 amide bonds. The van der Waals surface area contributed by atoms with Crippen LogP contribution in [0.3, 0.4) is 0 Å². The minimum absolute atomic E-state index is 0. The van der Waals surface area contributed by atoms with Crippen molar-refractivity contribution in [3.63, 3.8) is 0 Å². The predicted octanol–water partition coefficient (Wildman–Crippen LogP) is 4.54. The molecule has 4 heteroatoms. The van der Waals surface area contributed by atoms with Crippen molar-refractivity contribution in [3.8, 4) is 11.3 Å². The Morgan fingerprint density at radius 1 is 0.964 bits per heavy atom. The largest absolute Gasteiger partial charge is 0.393 e. The van der Waals surface area contributed by atoms with Crippen LogP contribution in [0.15, 0.2) is 54.7 Å². The fourth-order valence-electron chi connectivity index (χ4n) is 4.59. The van der Waals surface area contributed by atoms with Gasteiger partial charge in [0, 0.05) is 37.6 Å². The topological polar surface area (TPSA) is 53.4 Å². The summed E-state index contributed by atoms with van der Waals surface area (Å²) >= 11 is 0. The number of benzene rings is 2. The molecule has 2 N–H and O–H groups in total. The summed E-state index contributed by atoms with van der Waals surface area (Å²) in [6.07, 6.45) is 5.61. The van der Waals surface area contributed by atoms with Gasteiger partial charge >= 0.3 is 0 Å². The zero-order valence-corrected chi connectivity index (χ0v) is 18.4. The number of aliphatic hydroxyl groups is 2. The number of hydrogen-bond acceptors (Lipinski definition) is 3. The first-order valence-corrected chi connectivity index (χ1v) is 9.82. The van der Waals surface area contributed by atoms with Gasteiger partial charge in [-0.1, -0.05) is 24.3 Å². The third kappa shape index (κ3) is 4.36. The van der Waals surface area contributed by atoms with Crippen molar-refractivity contribution in [3.05, 3.63) is 66.4 Å². The van der Waals surface area contributed by atoms with Gasteiger partial charge in [-0.05, 0) is 55.2 Å². The van der Waals surface area contributed by atoms with Gasteiger partial charge in [0.05, 0.1) is 12.2 Å². The van der Waals surface area contributed by atoms with E-state index < -0.39 is 0 Å². The van der Waals surface area contributed by atoms with Crippen LogP contribution in [-0.4, -0.2) is 27.4 Å². The van der Waals surface area contributed by atoms with Gasteiger partial charge < -0.3 is 15.2 Å². The molecule has 149 valence electrons. The summed E-state index contributed by atoms with van der Waals surface area (Å²) in [5.41, 5.74) is 3.28. The number of nitrogens with zero attached hydrogens (tertiary/aromatic N) is 1. The fourth-order valence-corrected chi connectivity index (χ4v) is 4.59. The van der Waals surface area contributed by atoms with E-state index in [4.69, 9.17) is 0 Å². The van der Waals surface area contributed by atoms with E-state index in [0.29, 0.717) is 5.92 Å². The maximum Gasteiger partial charge on any atom is 0.0595 e. The first-order valence-electron chi connectivity index (χ1n) is 9.82. The van der Waals surface area contributed by atoms with E-state index >= 15 is 0 Å². The van der Waals surface area contributed by atoms with Gasteiger partial charge in [0.25, 0.3) is 0 Å². The predicted molar refractivity (Wildman–Crippen MR) is 108 cm³/mol. The second kappa shape index (κ2) is 9.28. The molecule has 2 atom stereocenters. The maximum atomic E-state index is 9.41. The van der Waals surface area contributed by atoms with Gasteiger partial charge in [0.15, 0.2) is 0 Å². The minimum Gasteiger partial charge on any atom is -0.393 e. The van der Waals surface area contributed by atoms with E-state index in [9.17, 15) is 10.2 Å². The SMILES string of the molecule is Cc1cccc2cc(-c3[c-]cccc3)ncc12.OC1CCC2CCC(O)C12.[Ir]. The van der Waals surface area contributed by atoms with Crippen LogP contribution < -0.4 is 0 Å². The molecule has 2 aliphatic rings. The second-order valence-corrected chi connectivity index (χ2v) is 7.77. The first-order chi connectivity index (χ1) is 13.1. The van der Waals surface area contributed by atoms with Crippen LogP contribution in [0.25, 0.3) is 22.0 Å². The third-order valence-electron chi connectivity index (χ3n) is 6.07. The van der Waals surface area contributed by atoms with Gasteiger partial charge in [-0.25, -0.2) is 0 Å². The first kappa shape index (κ1) is 21.1. The number of fused-ring (bicyclic) bond motifs is 2. The van der Waals surface area contributed by atoms with E-state index in [1.807, 2.05) is 30.5 Å². The summed E-state index contributed by atoms with van der Waals surface area (Å²) in [6, 6.07) is 19.6. The molecule has 1 radical (unpaired) electrons. The molecule has 1 heterocycles. The van der Waals surface area contributed by atoms with Gasteiger partial charge in [-0.15, -0.1) is 35.9 Å². The second-order valence-electron chi connectivity index (χ2n) is 7.77. The Balaban J connectivity index is 0.000000175. The number of aryl methyl sites for hydroxylation is 1. The molecule has 28 heavy (non-hydrogen) atoms. The van der Waals surface area contributed by atoms with Crippen molar-refractivity contribution in [2.45, 2.75) is 44.8 Å². The summed E-state index contributed by atoms with van der Waals surface area (Å²) in [5, 5.41) is 21.3. The maximum absolute atomic E-state index is 9.41. The van der Waals surface area contributed by atoms with Crippen LogP contribution in [-0.2, 0) is 20.1 Å². The zero-order chi connectivity index (χ0) is 18.8. The molecule has 5 rings (SSSR count). The molecule has 3 aromatic rings. The summed E-state index contributed by atoms with van der Waals surface area (Å²) in [5.74, 6) is 0.852. The molecule has 2 unspecified atom stereocenters. The number of rotatable bonds is 1. The van der Waals surface area contributed by atoms with E-state index in [1.165, 1.54) is 16.3 Å². The van der Waals surface area contributed by atoms with Crippen LogP contribution in [0.1, 0.15) is 31.2 Å². The molecule has 2 aliphatic carbocycles. The average Bonchev–Trinajstić information content (AvgIpc) is 3.26. The minimum atomic E-state index is -0.206.